The average Bonchev–Trinajstić information content (AvgIpc) is 2.79. The second-order valence-corrected chi connectivity index (χ2v) is 4.56. The van der Waals surface area contributed by atoms with E-state index in [0.717, 1.165) is 19.4 Å². The maximum atomic E-state index is 11.7. The summed E-state index contributed by atoms with van der Waals surface area (Å²) in [5.74, 6) is 0.0969. The largest absolute Gasteiger partial charge is 0.353 e. The Morgan fingerprint density at radius 2 is 2.53 bits per heavy atom. The van der Waals surface area contributed by atoms with Crippen molar-refractivity contribution in [1.82, 2.24) is 25.6 Å². The first-order valence-electron chi connectivity index (χ1n) is 6.11. The molecule has 0 aromatic carbocycles. The van der Waals surface area contributed by atoms with Gasteiger partial charge in [-0.1, -0.05) is 5.21 Å². The van der Waals surface area contributed by atoms with Crippen molar-refractivity contribution in [3.63, 3.8) is 0 Å². The van der Waals surface area contributed by atoms with Crippen LogP contribution in [0.2, 0.25) is 0 Å². The zero-order chi connectivity index (χ0) is 12.1. The van der Waals surface area contributed by atoms with Crippen molar-refractivity contribution in [1.29, 1.82) is 0 Å². The molecule has 94 valence electrons. The number of amides is 1. The number of hydrogen-bond acceptors (Lipinski definition) is 4. The molecule has 0 saturated carbocycles. The quantitative estimate of drug-likeness (QED) is 0.768. The zero-order valence-electron chi connectivity index (χ0n) is 10.1. The molecule has 1 aliphatic rings. The van der Waals surface area contributed by atoms with Gasteiger partial charge in [0.05, 0.1) is 12.7 Å². The lowest BCUT2D eigenvalue weighted by Gasteiger charge is -2.28. The van der Waals surface area contributed by atoms with Crippen molar-refractivity contribution >= 4 is 5.91 Å². The summed E-state index contributed by atoms with van der Waals surface area (Å²) >= 11 is 0. The molecule has 1 amide bonds. The molecule has 6 heteroatoms. The van der Waals surface area contributed by atoms with Gasteiger partial charge in [-0.25, -0.2) is 0 Å². The molecule has 6 nitrogen and oxygen atoms in total. The van der Waals surface area contributed by atoms with Crippen molar-refractivity contribution < 1.29 is 4.79 Å². The molecule has 1 aromatic heterocycles. The van der Waals surface area contributed by atoms with Crippen LogP contribution in [0.1, 0.15) is 26.2 Å². The Kier molecular flexibility index (Phi) is 4.08. The van der Waals surface area contributed by atoms with E-state index in [4.69, 9.17) is 0 Å². The molecule has 0 aliphatic carbocycles. The van der Waals surface area contributed by atoms with E-state index >= 15 is 0 Å². The minimum atomic E-state index is 0.0969. The van der Waals surface area contributed by atoms with Crippen LogP contribution >= 0.6 is 0 Å². The van der Waals surface area contributed by atoms with Crippen LogP contribution in [0.3, 0.4) is 0 Å². The van der Waals surface area contributed by atoms with Gasteiger partial charge in [0.2, 0.25) is 5.91 Å². The average molecular weight is 237 g/mol. The maximum absolute atomic E-state index is 11.7. The zero-order valence-corrected chi connectivity index (χ0v) is 10.1. The van der Waals surface area contributed by atoms with E-state index in [1.807, 2.05) is 0 Å². The van der Waals surface area contributed by atoms with E-state index < -0.39 is 0 Å². The highest BCUT2D eigenvalue weighted by molar-refractivity contribution is 5.76. The molecule has 1 aliphatic heterocycles. The van der Waals surface area contributed by atoms with Gasteiger partial charge < -0.3 is 10.6 Å². The molecule has 2 atom stereocenters. The summed E-state index contributed by atoms with van der Waals surface area (Å²) in [5, 5.41) is 14.0. The van der Waals surface area contributed by atoms with Crippen LogP contribution in [0, 0.1) is 0 Å². The van der Waals surface area contributed by atoms with E-state index in [2.05, 4.69) is 27.9 Å². The summed E-state index contributed by atoms with van der Waals surface area (Å²) in [5.41, 5.74) is 0. The predicted molar refractivity (Wildman–Crippen MR) is 63.3 cm³/mol. The van der Waals surface area contributed by atoms with Crippen LogP contribution in [-0.2, 0) is 11.3 Å². The number of carbonyl (C=O) groups is 1. The third kappa shape index (κ3) is 3.81. The van der Waals surface area contributed by atoms with Gasteiger partial charge in [-0.15, -0.1) is 5.10 Å². The lowest BCUT2D eigenvalue weighted by molar-refractivity contribution is -0.122. The number of nitrogens with zero attached hydrogens (tertiary/aromatic N) is 3. The van der Waals surface area contributed by atoms with Gasteiger partial charge in [-0.2, -0.15) is 0 Å². The van der Waals surface area contributed by atoms with E-state index in [-0.39, 0.29) is 5.91 Å². The maximum Gasteiger partial charge on any atom is 0.222 e. The highest BCUT2D eigenvalue weighted by Crippen LogP contribution is 2.08. The lowest BCUT2D eigenvalue weighted by atomic mass is 10.0. The number of carbonyl (C=O) groups excluding carboxylic acids is 1. The fraction of sp³-hybridized carbons (Fsp3) is 0.727. The van der Waals surface area contributed by atoms with Crippen LogP contribution in [0.25, 0.3) is 0 Å². The minimum Gasteiger partial charge on any atom is -0.353 e. The molecule has 0 spiro atoms. The summed E-state index contributed by atoms with van der Waals surface area (Å²) in [6, 6.07) is 0.805. The molecule has 1 aromatic rings. The second kappa shape index (κ2) is 5.77. The molecule has 1 saturated heterocycles. The number of rotatable bonds is 4. The van der Waals surface area contributed by atoms with Crippen molar-refractivity contribution in [2.75, 3.05) is 6.54 Å². The van der Waals surface area contributed by atoms with Gasteiger partial charge in [0.25, 0.3) is 0 Å². The molecular weight excluding hydrogens is 218 g/mol. The monoisotopic (exact) mass is 237 g/mol. The van der Waals surface area contributed by atoms with Crippen molar-refractivity contribution in [2.45, 2.75) is 44.8 Å². The van der Waals surface area contributed by atoms with Crippen molar-refractivity contribution in [3.8, 4) is 0 Å². The fourth-order valence-corrected chi connectivity index (χ4v) is 2.13. The summed E-state index contributed by atoms with van der Waals surface area (Å²) in [4.78, 5) is 11.7. The Bertz CT molecular complexity index is 351. The van der Waals surface area contributed by atoms with Gasteiger partial charge in [0, 0.05) is 24.7 Å². The molecule has 2 rings (SSSR count). The summed E-state index contributed by atoms with van der Waals surface area (Å²) in [6.45, 7) is 3.72. The Hall–Kier alpha value is -1.43. The summed E-state index contributed by atoms with van der Waals surface area (Å²) in [7, 11) is 0. The molecule has 2 unspecified atom stereocenters. The second-order valence-electron chi connectivity index (χ2n) is 4.56. The van der Waals surface area contributed by atoms with Gasteiger partial charge >= 0.3 is 0 Å². The van der Waals surface area contributed by atoms with Gasteiger partial charge in [0.15, 0.2) is 0 Å². The van der Waals surface area contributed by atoms with Crippen LogP contribution in [0.5, 0.6) is 0 Å². The summed E-state index contributed by atoms with van der Waals surface area (Å²) in [6.07, 6.45) is 5.86. The molecule has 1 fully saturated rings. The first-order chi connectivity index (χ1) is 8.24. The highest BCUT2D eigenvalue weighted by atomic mass is 16.1. The standard InChI is InChI=1S/C11H19N5O/c1-9-8-10(2-4-12-9)14-11(17)3-6-16-7-5-13-15-16/h5,7,9-10,12H,2-4,6,8H2,1H3,(H,14,17). The molecule has 0 radical (unpaired) electrons. The Morgan fingerprint density at radius 1 is 1.65 bits per heavy atom. The highest BCUT2D eigenvalue weighted by Gasteiger charge is 2.19. The first kappa shape index (κ1) is 12.0. The summed E-state index contributed by atoms with van der Waals surface area (Å²) < 4.78 is 1.67. The van der Waals surface area contributed by atoms with Crippen LogP contribution < -0.4 is 10.6 Å². The topological polar surface area (TPSA) is 71.8 Å². The van der Waals surface area contributed by atoms with E-state index in [1.54, 1.807) is 17.1 Å². The number of aromatic nitrogens is 3. The Balaban J connectivity index is 1.70. The first-order valence-corrected chi connectivity index (χ1v) is 6.11. The normalized spacial score (nSPS) is 24.5. The van der Waals surface area contributed by atoms with Gasteiger partial charge in [-0.05, 0) is 26.3 Å². The third-order valence-corrected chi connectivity index (χ3v) is 3.03. The Morgan fingerprint density at radius 3 is 3.24 bits per heavy atom. The van der Waals surface area contributed by atoms with E-state index in [0.29, 0.717) is 25.0 Å². The number of piperidine rings is 1. The fourth-order valence-electron chi connectivity index (χ4n) is 2.13. The molecule has 0 bridgehead atoms. The van der Waals surface area contributed by atoms with Crippen molar-refractivity contribution in [3.05, 3.63) is 12.4 Å². The van der Waals surface area contributed by atoms with Crippen molar-refractivity contribution in [2.24, 2.45) is 0 Å². The van der Waals surface area contributed by atoms with Crippen LogP contribution in [0.15, 0.2) is 12.4 Å². The lowest BCUT2D eigenvalue weighted by Crippen LogP contribution is -2.46. The Labute approximate surface area is 101 Å². The van der Waals surface area contributed by atoms with E-state index in [1.165, 1.54) is 0 Å². The molecule has 2 heterocycles. The van der Waals surface area contributed by atoms with Crippen LogP contribution in [0.4, 0.5) is 0 Å². The third-order valence-electron chi connectivity index (χ3n) is 3.03. The SMILES string of the molecule is CC1CC(NC(=O)CCn2ccnn2)CCN1. The van der Waals surface area contributed by atoms with Gasteiger partial charge in [0.1, 0.15) is 0 Å². The molecule has 2 N–H and O–H groups in total. The predicted octanol–water partition coefficient (Wildman–Crippen LogP) is -0.0751. The molecular formula is C11H19N5O. The number of aryl methyl sites for hydroxylation is 1. The van der Waals surface area contributed by atoms with Crippen LogP contribution in [-0.4, -0.2) is 39.5 Å². The minimum absolute atomic E-state index is 0.0969. The smallest absolute Gasteiger partial charge is 0.222 e. The number of hydrogen-bond donors (Lipinski definition) is 2. The van der Waals surface area contributed by atoms with E-state index in [9.17, 15) is 4.79 Å². The number of nitrogens with one attached hydrogen (secondary N) is 2. The molecule has 17 heavy (non-hydrogen) atoms. The van der Waals surface area contributed by atoms with Gasteiger partial charge in [-0.3, -0.25) is 9.48 Å².